The van der Waals surface area contributed by atoms with Crippen molar-refractivity contribution < 1.29 is 9.53 Å². The van der Waals surface area contributed by atoms with Gasteiger partial charge in [0.1, 0.15) is 0 Å². The molecule has 0 aromatic heterocycles. The summed E-state index contributed by atoms with van der Waals surface area (Å²) in [6.07, 6.45) is 0.737. The Morgan fingerprint density at radius 1 is 1.35 bits per heavy atom. The average molecular weight is 432 g/mol. The molecule has 1 saturated carbocycles. The third-order valence-electron chi connectivity index (χ3n) is 3.58. The highest BCUT2D eigenvalue weighted by molar-refractivity contribution is 14.0. The minimum atomic E-state index is -0.469. The number of halogens is 1. The Morgan fingerprint density at radius 2 is 2.00 bits per heavy atom. The van der Waals surface area contributed by atoms with Gasteiger partial charge in [-0.2, -0.15) is 0 Å². The zero-order chi connectivity index (χ0) is 15.9. The Bertz CT molecular complexity index is 533. The highest BCUT2D eigenvalue weighted by Crippen LogP contribution is 2.28. The molecule has 1 aliphatic rings. The largest absolute Gasteiger partial charge is 0.453 e. The molecule has 3 N–H and O–H groups in total. The molecule has 1 fully saturated rings. The molecule has 1 aliphatic carbocycles. The Balaban J connectivity index is 0.00000264. The Labute approximate surface area is 154 Å². The highest BCUT2D eigenvalue weighted by atomic mass is 127. The third-order valence-corrected chi connectivity index (χ3v) is 3.58. The molecule has 0 saturated heterocycles. The summed E-state index contributed by atoms with van der Waals surface area (Å²) < 4.78 is 4.55. The number of guanidine groups is 1. The number of rotatable bonds is 5. The minimum absolute atomic E-state index is 0. The first-order valence-corrected chi connectivity index (χ1v) is 7.61. The van der Waals surface area contributed by atoms with Gasteiger partial charge in [-0.05, 0) is 37.0 Å². The summed E-state index contributed by atoms with van der Waals surface area (Å²) in [6.45, 7) is 5.72. The van der Waals surface area contributed by atoms with Crippen LogP contribution in [0.2, 0.25) is 0 Å². The number of nitrogens with one attached hydrogen (secondary N) is 3. The van der Waals surface area contributed by atoms with Crippen LogP contribution in [0.3, 0.4) is 0 Å². The molecule has 1 aromatic carbocycles. The summed E-state index contributed by atoms with van der Waals surface area (Å²) in [5, 5.41) is 9.30. The molecule has 23 heavy (non-hydrogen) atoms. The minimum Gasteiger partial charge on any atom is -0.453 e. The molecule has 0 bridgehead atoms. The standard InChI is InChI=1S/C16H24N4O2.HI/c1-4-17-15(20-14-9-11(14)2)18-10-12-5-7-13(8-6-12)19-16(21)22-3;/h5-8,11,14H,4,9-10H2,1-3H3,(H,19,21)(H2,17,18,20);1H. The number of methoxy groups -OCH3 is 1. The highest BCUT2D eigenvalue weighted by Gasteiger charge is 2.33. The van der Waals surface area contributed by atoms with Crippen LogP contribution < -0.4 is 16.0 Å². The van der Waals surface area contributed by atoms with E-state index in [2.05, 4.69) is 39.5 Å². The lowest BCUT2D eigenvalue weighted by Crippen LogP contribution is -2.39. The molecule has 0 radical (unpaired) electrons. The van der Waals surface area contributed by atoms with Gasteiger partial charge in [-0.3, -0.25) is 5.32 Å². The topological polar surface area (TPSA) is 74.8 Å². The van der Waals surface area contributed by atoms with Crippen LogP contribution >= 0.6 is 24.0 Å². The van der Waals surface area contributed by atoms with E-state index in [1.807, 2.05) is 24.3 Å². The summed E-state index contributed by atoms with van der Waals surface area (Å²) in [7, 11) is 1.34. The summed E-state index contributed by atoms with van der Waals surface area (Å²) in [4.78, 5) is 15.7. The van der Waals surface area contributed by atoms with Crippen molar-refractivity contribution in [1.29, 1.82) is 0 Å². The van der Waals surface area contributed by atoms with Crippen molar-refractivity contribution in [3.63, 3.8) is 0 Å². The van der Waals surface area contributed by atoms with E-state index in [4.69, 9.17) is 0 Å². The van der Waals surface area contributed by atoms with Crippen LogP contribution in [0.1, 0.15) is 25.8 Å². The Kier molecular flexibility index (Phi) is 8.15. The molecular weight excluding hydrogens is 407 g/mol. The first-order chi connectivity index (χ1) is 10.6. The van der Waals surface area contributed by atoms with E-state index < -0.39 is 6.09 Å². The molecule has 2 rings (SSSR count). The second-order valence-electron chi connectivity index (χ2n) is 5.47. The predicted octanol–water partition coefficient (Wildman–Crippen LogP) is 2.95. The Hall–Kier alpha value is -1.51. The first-order valence-electron chi connectivity index (χ1n) is 7.61. The van der Waals surface area contributed by atoms with Crippen LogP contribution in [0.5, 0.6) is 0 Å². The van der Waals surface area contributed by atoms with Crippen LogP contribution in [-0.2, 0) is 11.3 Å². The fourth-order valence-corrected chi connectivity index (χ4v) is 2.05. The van der Waals surface area contributed by atoms with E-state index >= 15 is 0 Å². The SMILES string of the molecule is CCNC(=NCc1ccc(NC(=O)OC)cc1)NC1CC1C.I. The normalized spacial score (nSPS) is 19.3. The van der Waals surface area contributed by atoms with Gasteiger partial charge in [0.2, 0.25) is 0 Å². The van der Waals surface area contributed by atoms with E-state index in [1.54, 1.807) is 0 Å². The van der Waals surface area contributed by atoms with Crippen molar-refractivity contribution in [3.05, 3.63) is 29.8 Å². The van der Waals surface area contributed by atoms with Crippen LogP contribution in [-0.4, -0.2) is 31.7 Å². The number of ether oxygens (including phenoxy) is 1. The number of carbonyl (C=O) groups is 1. The van der Waals surface area contributed by atoms with Gasteiger partial charge in [-0.1, -0.05) is 19.1 Å². The molecule has 128 valence electrons. The number of carbonyl (C=O) groups excluding carboxylic acids is 1. The fraction of sp³-hybridized carbons (Fsp3) is 0.500. The number of hydrogen-bond donors (Lipinski definition) is 3. The third kappa shape index (κ3) is 6.64. The van der Waals surface area contributed by atoms with Gasteiger partial charge in [0.25, 0.3) is 0 Å². The van der Waals surface area contributed by atoms with Gasteiger partial charge in [0.05, 0.1) is 13.7 Å². The maximum atomic E-state index is 11.1. The van der Waals surface area contributed by atoms with Crippen LogP contribution in [0, 0.1) is 5.92 Å². The molecule has 6 nitrogen and oxygen atoms in total. The molecule has 0 heterocycles. The van der Waals surface area contributed by atoms with E-state index in [0.29, 0.717) is 18.3 Å². The van der Waals surface area contributed by atoms with E-state index in [0.717, 1.165) is 24.0 Å². The molecule has 2 atom stereocenters. The zero-order valence-corrected chi connectivity index (χ0v) is 16.1. The second-order valence-corrected chi connectivity index (χ2v) is 5.47. The number of hydrogen-bond acceptors (Lipinski definition) is 3. The van der Waals surface area contributed by atoms with Crippen molar-refractivity contribution in [2.75, 3.05) is 19.0 Å². The Morgan fingerprint density at radius 3 is 2.52 bits per heavy atom. The van der Waals surface area contributed by atoms with Crippen molar-refractivity contribution in [2.45, 2.75) is 32.9 Å². The molecular formula is C16H25IN4O2. The van der Waals surface area contributed by atoms with E-state index in [1.165, 1.54) is 13.5 Å². The quantitative estimate of drug-likeness (QED) is 0.380. The smallest absolute Gasteiger partial charge is 0.411 e. The molecule has 0 aliphatic heterocycles. The molecule has 2 unspecified atom stereocenters. The summed E-state index contributed by atoms with van der Waals surface area (Å²) in [5.41, 5.74) is 1.79. The maximum Gasteiger partial charge on any atom is 0.411 e. The number of nitrogens with zero attached hydrogens (tertiary/aromatic N) is 1. The lowest BCUT2D eigenvalue weighted by molar-refractivity contribution is 0.187. The van der Waals surface area contributed by atoms with Crippen molar-refractivity contribution in [3.8, 4) is 0 Å². The second kappa shape index (κ2) is 9.59. The van der Waals surface area contributed by atoms with Crippen molar-refractivity contribution in [2.24, 2.45) is 10.9 Å². The summed E-state index contributed by atoms with van der Waals surface area (Å²) in [5.74, 6) is 1.58. The maximum absolute atomic E-state index is 11.1. The van der Waals surface area contributed by atoms with E-state index in [-0.39, 0.29) is 24.0 Å². The monoisotopic (exact) mass is 432 g/mol. The van der Waals surface area contributed by atoms with Gasteiger partial charge in [0, 0.05) is 18.3 Å². The van der Waals surface area contributed by atoms with Gasteiger partial charge in [-0.25, -0.2) is 9.79 Å². The van der Waals surface area contributed by atoms with Gasteiger partial charge in [0.15, 0.2) is 5.96 Å². The number of anilines is 1. The lowest BCUT2D eigenvalue weighted by atomic mass is 10.2. The van der Waals surface area contributed by atoms with Crippen molar-refractivity contribution >= 4 is 41.7 Å². The summed E-state index contributed by atoms with van der Waals surface area (Å²) >= 11 is 0. The number of benzene rings is 1. The summed E-state index contributed by atoms with van der Waals surface area (Å²) in [6, 6.07) is 8.11. The van der Waals surface area contributed by atoms with Crippen LogP contribution in [0.25, 0.3) is 0 Å². The van der Waals surface area contributed by atoms with Gasteiger partial charge in [-0.15, -0.1) is 24.0 Å². The first kappa shape index (κ1) is 19.5. The fourth-order valence-electron chi connectivity index (χ4n) is 2.05. The number of aliphatic imine (C=N–C) groups is 1. The van der Waals surface area contributed by atoms with Crippen molar-refractivity contribution in [1.82, 2.24) is 10.6 Å². The van der Waals surface area contributed by atoms with E-state index in [9.17, 15) is 4.79 Å². The van der Waals surface area contributed by atoms with Crippen LogP contribution in [0.15, 0.2) is 29.3 Å². The average Bonchev–Trinajstić information content (AvgIpc) is 3.21. The predicted molar refractivity (Wildman–Crippen MR) is 103 cm³/mol. The molecule has 0 spiro atoms. The van der Waals surface area contributed by atoms with Crippen LogP contribution in [0.4, 0.5) is 10.5 Å². The van der Waals surface area contributed by atoms with Gasteiger partial charge >= 0.3 is 6.09 Å². The lowest BCUT2D eigenvalue weighted by Gasteiger charge is -2.11. The molecule has 1 amide bonds. The number of amides is 1. The van der Waals surface area contributed by atoms with Gasteiger partial charge < -0.3 is 15.4 Å². The zero-order valence-electron chi connectivity index (χ0n) is 13.8. The molecule has 7 heteroatoms. The molecule has 1 aromatic rings.